The van der Waals surface area contributed by atoms with E-state index in [9.17, 15) is 5.11 Å². The summed E-state index contributed by atoms with van der Waals surface area (Å²) >= 11 is 0. The highest BCUT2D eigenvalue weighted by molar-refractivity contribution is 5.89. The summed E-state index contributed by atoms with van der Waals surface area (Å²) in [6.45, 7) is 9.93. The molecule has 1 aliphatic heterocycles. The molecule has 0 amide bonds. The molecule has 1 saturated heterocycles. The average Bonchev–Trinajstić information content (AvgIpc) is 3.05. The molecular formula is C37H47NO5. The number of rotatable bonds is 16. The van der Waals surface area contributed by atoms with Gasteiger partial charge in [-0.3, -0.25) is 0 Å². The van der Waals surface area contributed by atoms with Gasteiger partial charge in [0.15, 0.2) is 0 Å². The Balaban J connectivity index is 1.30. The number of aliphatic hydroxyl groups excluding tert-OH is 1. The number of ether oxygens (including phenoxy) is 4. The number of allylic oxidation sites excluding steroid dienone is 4. The van der Waals surface area contributed by atoms with Crippen molar-refractivity contribution in [1.29, 1.82) is 0 Å². The molecule has 0 aliphatic carbocycles. The number of nitrogens with one attached hydrogen (secondary N) is 1. The molecule has 0 spiro atoms. The summed E-state index contributed by atoms with van der Waals surface area (Å²) in [5.74, 6) is 3.22. The fraction of sp³-hybridized carbons (Fsp3) is 0.405. The quantitative estimate of drug-likeness (QED) is 0.109. The van der Waals surface area contributed by atoms with Crippen molar-refractivity contribution in [2.45, 2.75) is 32.8 Å². The van der Waals surface area contributed by atoms with E-state index < -0.39 is 0 Å². The number of para-hydroxylation sites is 1. The van der Waals surface area contributed by atoms with Gasteiger partial charge >= 0.3 is 0 Å². The molecule has 1 fully saturated rings. The van der Waals surface area contributed by atoms with E-state index >= 15 is 0 Å². The third kappa shape index (κ3) is 8.96. The molecule has 6 heteroatoms. The Labute approximate surface area is 257 Å². The Hall–Kier alpha value is -3.58. The lowest BCUT2D eigenvalue weighted by atomic mass is 9.72. The molecule has 43 heavy (non-hydrogen) atoms. The van der Waals surface area contributed by atoms with Gasteiger partial charge in [-0.1, -0.05) is 66.8 Å². The zero-order chi connectivity index (χ0) is 30.4. The smallest absolute Gasteiger partial charge is 0.126 e. The summed E-state index contributed by atoms with van der Waals surface area (Å²) in [4.78, 5) is 0. The largest absolute Gasteiger partial charge is 0.496 e. The number of methoxy groups -OCH3 is 2. The summed E-state index contributed by atoms with van der Waals surface area (Å²) in [7, 11) is 3.40. The number of piperidine rings is 1. The second-order valence-corrected chi connectivity index (χ2v) is 11.1. The van der Waals surface area contributed by atoms with Gasteiger partial charge in [-0.2, -0.15) is 0 Å². The van der Waals surface area contributed by atoms with Crippen LogP contribution >= 0.6 is 0 Å². The molecule has 0 saturated carbocycles. The molecule has 3 atom stereocenters. The van der Waals surface area contributed by atoms with Crippen LogP contribution in [0.25, 0.3) is 10.8 Å². The first-order valence-corrected chi connectivity index (χ1v) is 15.3. The number of hydrogen-bond acceptors (Lipinski definition) is 6. The monoisotopic (exact) mass is 585 g/mol. The van der Waals surface area contributed by atoms with Gasteiger partial charge in [0, 0.05) is 36.4 Å². The average molecular weight is 586 g/mol. The minimum atomic E-state index is 0.123. The van der Waals surface area contributed by atoms with Crippen LogP contribution in [0.5, 0.6) is 11.5 Å². The third-order valence-electron chi connectivity index (χ3n) is 8.30. The summed E-state index contributed by atoms with van der Waals surface area (Å²) < 4.78 is 22.9. The second-order valence-electron chi connectivity index (χ2n) is 11.1. The van der Waals surface area contributed by atoms with E-state index in [1.165, 1.54) is 10.9 Å². The van der Waals surface area contributed by atoms with Crippen LogP contribution in [-0.2, 0) is 22.5 Å². The lowest BCUT2D eigenvalue weighted by Crippen LogP contribution is -2.45. The van der Waals surface area contributed by atoms with E-state index in [1.807, 2.05) is 49.4 Å². The molecule has 0 radical (unpaired) electrons. The Bertz CT molecular complexity index is 1380. The molecule has 0 unspecified atom stereocenters. The number of fused-ring (bicyclic) bond motifs is 1. The molecule has 6 nitrogen and oxygen atoms in total. The van der Waals surface area contributed by atoms with Gasteiger partial charge in [-0.15, -0.1) is 0 Å². The van der Waals surface area contributed by atoms with Crippen molar-refractivity contribution in [3.8, 4) is 11.5 Å². The summed E-state index contributed by atoms with van der Waals surface area (Å²) in [6.07, 6.45) is 8.74. The standard InChI is InChI=1S/C37H47NO5/c1-5-33(43-20-10-19-42-26-31-12-7-9-14-35(31)40-3)18-15-27(2)37-30(23-38-24-32(37)25-39)17-16-28-21-29-11-6-8-13-34(29)36(22-28)41-4/h5-9,11-15,18,21-22,30,32,37-39H,2,10,16-17,19-20,23-26H2,1,3-4H3/b18-15-,33-5+/t30-,32-,37+/m0/s1. The minimum Gasteiger partial charge on any atom is -0.496 e. The Morgan fingerprint density at radius 3 is 2.51 bits per heavy atom. The summed E-state index contributed by atoms with van der Waals surface area (Å²) in [6, 6.07) is 20.7. The van der Waals surface area contributed by atoms with Crippen LogP contribution < -0.4 is 14.8 Å². The van der Waals surface area contributed by atoms with Gasteiger partial charge in [-0.05, 0) is 73.4 Å². The van der Waals surface area contributed by atoms with Crippen molar-refractivity contribution in [2.75, 3.05) is 47.1 Å². The maximum Gasteiger partial charge on any atom is 0.126 e. The molecule has 1 heterocycles. The first-order valence-electron chi connectivity index (χ1n) is 15.3. The third-order valence-corrected chi connectivity index (χ3v) is 8.30. The van der Waals surface area contributed by atoms with Crippen LogP contribution in [0.3, 0.4) is 0 Å². The number of hydrogen-bond donors (Lipinski definition) is 2. The van der Waals surface area contributed by atoms with Gasteiger partial charge < -0.3 is 29.4 Å². The van der Waals surface area contributed by atoms with Crippen molar-refractivity contribution in [3.05, 3.63) is 108 Å². The maximum atomic E-state index is 10.2. The number of benzene rings is 3. The van der Waals surface area contributed by atoms with E-state index in [0.717, 1.165) is 66.1 Å². The van der Waals surface area contributed by atoms with E-state index in [2.05, 4.69) is 48.3 Å². The van der Waals surface area contributed by atoms with Gasteiger partial charge in [0.1, 0.15) is 17.3 Å². The zero-order valence-corrected chi connectivity index (χ0v) is 25.9. The molecule has 4 rings (SSSR count). The minimum absolute atomic E-state index is 0.123. The topological polar surface area (TPSA) is 69.2 Å². The number of aliphatic hydroxyl groups is 1. The van der Waals surface area contributed by atoms with Crippen molar-refractivity contribution >= 4 is 10.8 Å². The van der Waals surface area contributed by atoms with Gasteiger partial charge in [0.05, 0.1) is 34.0 Å². The van der Waals surface area contributed by atoms with Crippen LogP contribution in [0.15, 0.2) is 96.8 Å². The molecule has 230 valence electrons. The zero-order valence-electron chi connectivity index (χ0n) is 25.9. The van der Waals surface area contributed by atoms with Crippen molar-refractivity contribution in [2.24, 2.45) is 17.8 Å². The lowest BCUT2D eigenvalue weighted by Gasteiger charge is -2.39. The molecule has 1 aliphatic rings. The molecule has 2 N–H and O–H groups in total. The molecule has 3 aromatic carbocycles. The number of aryl methyl sites for hydroxylation is 1. The maximum absolute atomic E-state index is 10.2. The highest BCUT2D eigenvalue weighted by Crippen LogP contribution is 2.35. The van der Waals surface area contributed by atoms with Gasteiger partial charge in [-0.25, -0.2) is 0 Å². The Kier molecular flexibility index (Phi) is 12.7. The predicted molar refractivity (Wildman–Crippen MR) is 175 cm³/mol. The highest BCUT2D eigenvalue weighted by atomic mass is 16.5. The van der Waals surface area contributed by atoms with Crippen LogP contribution in [0.4, 0.5) is 0 Å². The Morgan fingerprint density at radius 2 is 1.72 bits per heavy atom. The summed E-state index contributed by atoms with van der Waals surface area (Å²) in [5, 5.41) is 16.1. The van der Waals surface area contributed by atoms with Crippen LogP contribution in [0, 0.1) is 17.8 Å². The molecular weight excluding hydrogens is 538 g/mol. The normalized spacial score (nSPS) is 19.1. The fourth-order valence-electron chi connectivity index (χ4n) is 6.04. The summed E-state index contributed by atoms with van der Waals surface area (Å²) in [5.41, 5.74) is 3.33. The first-order chi connectivity index (χ1) is 21.1. The van der Waals surface area contributed by atoms with Gasteiger partial charge in [0.2, 0.25) is 0 Å². The van der Waals surface area contributed by atoms with Crippen LogP contribution in [-0.4, -0.2) is 52.2 Å². The fourth-order valence-corrected chi connectivity index (χ4v) is 6.04. The first kappa shape index (κ1) is 32.3. The van der Waals surface area contributed by atoms with E-state index in [0.29, 0.717) is 25.7 Å². The molecule has 3 aromatic rings. The van der Waals surface area contributed by atoms with Gasteiger partial charge in [0.25, 0.3) is 0 Å². The predicted octanol–water partition coefficient (Wildman–Crippen LogP) is 6.87. The SMILES string of the molecule is C=C(/C=C\C(=C/C)OCCCOCc1ccccc1OC)[C@H]1[C@H](CO)CNC[C@@H]1CCc1cc(OC)c2ccccc2c1. The Morgan fingerprint density at radius 1 is 0.953 bits per heavy atom. The van der Waals surface area contributed by atoms with Crippen molar-refractivity contribution in [3.63, 3.8) is 0 Å². The highest BCUT2D eigenvalue weighted by Gasteiger charge is 2.33. The van der Waals surface area contributed by atoms with E-state index in [1.54, 1.807) is 14.2 Å². The molecule has 0 bridgehead atoms. The second kappa shape index (κ2) is 16.9. The van der Waals surface area contributed by atoms with E-state index in [4.69, 9.17) is 18.9 Å². The molecule has 0 aromatic heterocycles. The van der Waals surface area contributed by atoms with Crippen molar-refractivity contribution < 1.29 is 24.1 Å². The van der Waals surface area contributed by atoms with Crippen LogP contribution in [0.1, 0.15) is 30.9 Å². The van der Waals surface area contributed by atoms with E-state index in [-0.39, 0.29) is 18.4 Å². The lowest BCUT2D eigenvalue weighted by molar-refractivity contribution is 0.0961. The van der Waals surface area contributed by atoms with Crippen LogP contribution in [0.2, 0.25) is 0 Å². The van der Waals surface area contributed by atoms with Crippen molar-refractivity contribution in [1.82, 2.24) is 5.32 Å².